The zero-order valence-corrected chi connectivity index (χ0v) is 18.1. The van der Waals surface area contributed by atoms with Gasteiger partial charge in [-0.1, -0.05) is 23.7 Å². The van der Waals surface area contributed by atoms with Gasteiger partial charge < -0.3 is 19.4 Å². The molecule has 0 saturated carbocycles. The van der Waals surface area contributed by atoms with E-state index in [1.807, 2.05) is 50.5 Å². The van der Waals surface area contributed by atoms with E-state index < -0.39 is 0 Å². The fourth-order valence-electron chi connectivity index (χ4n) is 2.43. The Morgan fingerprint density at radius 2 is 2.11 bits per heavy atom. The summed E-state index contributed by atoms with van der Waals surface area (Å²) in [4.78, 5) is 2.09. The minimum absolute atomic E-state index is 0.472. The first kappa shape index (κ1) is 22.4. The first-order chi connectivity index (χ1) is 13.5. The van der Waals surface area contributed by atoms with E-state index in [1.165, 1.54) is 0 Å². The minimum Gasteiger partial charge on any atom is -0.455 e. The van der Waals surface area contributed by atoms with E-state index in [9.17, 15) is 0 Å². The molecule has 0 spiro atoms. The van der Waals surface area contributed by atoms with Gasteiger partial charge >= 0.3 is 0 Å². The van der Waals surface area contributed by atoms with Gasteiger partial charge in [0.2, 0.25) is 0 Å². The molecule has 2 N–H and O–H groups in total. The second-order valence-corrected chi connectivity index (χ2v) is 7.34. The normalized spacial score (nSPS) is 11.7. The van der Waals surface area contributed by atoms with Crippen molar-refractivity contribution in [2.45, 2.75) is 12.8 Å². The van der Waals surface area contributed by atoms with E-state index >= 15 is 0 Å². The maximum atomic E-state index is 6.08. The molecule has 0 unspecified atom stereocenters. The number of halogens is 1. The molecule has 0 atom stereocenters. The molecule has 0 aliphatic heterocycles. The Morgan fingerprint density at radius 3 is 2.82 bits per heavy atom. The molecule has 0 radical (unpaired) electrons. The van der Waals surface area contributed by atoms with Gasteiger partial charge in [0.15, 0.2) is 10.9 Å². The van der Waals surface area contributed by atoms with Crippen molar-refractivity contribution in [2.75, 3.05) is 40.9 Å². The molecule has 0 aliphatic rings. The number of rotatable bonds is 10. The van der Waals surface area contributed by atoms with Crippen LogP contribution in [0.3, 0.4) is 0 Å². The Hall–Kier alpha value is -1.93. The Bertz CT molecular complexity index is 792. The van der Waals surface area contributed by atoms with Gasteiger partial charge in [0.1, 0.15) is 11.5 Å². The fourth-order valence-corrected chi connectivity index (χ4v) is 2.77. The summed E-state index contributed by atoms with van der Waals surface area (Å²) < 4.78 is 11.1. The van der Waals surface area contributed by atoms with Crippen LogP contribution in [0.4, 0.5) is 0 Å². The molecular weight excluding hydrogens is 396 g/mol. The Kier molecular flexibility index (Phi) is 9.43. The summed E-state index contributed by atoms with van der Waals surface area (Å²) in [5.41, 5.74) is 4.63. The van der Waals surface area contributed by atoms with Crippen LogP contribution < -0.4 is 10.7 Å². The van der Waals surface area contributed by atoms with Gasteiger partial charge in [0, 0.05) is 43.8 Å². The zero-order chi connectivity index (χ0) is 20.4. The van der Waals surface area contributed by atoms with Gasteiger partial charge in [-0.2, -0.15) is 5.10 Å². The summed E-state index contributed by atoms with van der Waals surface area (Å²) in [5, 5.41) is 8.72. The van der Waals surface area contributed by atoms with Crippen LogP contribution in [0.5, 0.6) is 0 Å². The van der Waals surface area contributed by atoms with E-state index in [1.54, 1.807) is 7.11 Å². The minimum atomic E-state index is 0.472. The van der Waals surface area contributed by atoms with E-state index in [4.69, 9.17) is 33.0 Å². The standard InChI is InChI=1S/C20H27ClN4O2S/c1-25(2)12-10-17(23-24-20(28)22-11-5-13-26-3)19-9-8-18(27-19)15-6-4-7-16(21)14-15/h4,6-9,14H,5,10-13H2,1-3H3,(H2,22,24,28). The van der Waals surface area contributed by atoms with Gasteiger partial charge in [0.05, 0.1) is 0 Å². The summed E-state index contributed by atoms with van der Waals surface area (Å²) >= 11 is 11.4. The number of furan rings is 1. The number of methoxy groups -OCH3 is 1. The molecule has 0 amide bonds. The molecule has 0 bridgehead atoms. The Labute approximate surface area is 176 Å². The lowest BCUT2D eigenvalue weighted by Crippen LogP contribution is -2.34. The first-order valence-electron chi connectivity index (χ1n) is 9.10. The predicted octanol–water partition coefficient (Wildman–Crippen LogP) is 3.76. The highest BCUT2D eigenvalue weighted by Gasteiger charge is 2.12. The Morgan fingerprint density at radius 1 is 1.29 bits per heavy atom. The first-order valence-corrected chi connectivity index (χ1v) is 9.88. The van der Waals surface area contributed by atoms with Crippen molar-refractivity contribution < 1.29 is 9.15 Å². The van der Waals surface area contributed by atoms with Crippen LogP contribution in [0.1, 0.15) is 18.6 Å². The third kappa shape index (κ3) is 7.59. The molecular formula is C20H27ClN4O2S. The number of thiocarbonyl (C=S) groups is 1. The summed E-state index contributed by atoms with van der Waals surface area (Å²) in [6, 6.07) is 11.4. The molecule has 1 aromatic heterocycles. The summed E-state index contributed by atoms with van der Waals surface area (Å²) in [6.07, 6.45) is 1.59. The average Bonchev–Trinajstić information content (AvgIpc) is 3.15. The lowest BCUT2D eigenvalue weighted by Gasteiger charge is -2.11. The molecule has 2 rings (SSSR count). The third-order valence-electron chi connectivity index (χ3n) is 3.90. The van der Waals surface area contributed by atoms with Crippen molar-refractivity contribution in [1.29, 1.82) is 0 Å². The van der Waals surface area contributed by atoms with Gasteiger partial charge in [-0.15, -0.1) is 0 Å². The summed E-state index contributed by atoms with van der Waals surface area (Å²) in [7, 11) is 5.72. The number of benzene rings is 1. The SMILES string of the molecule is COCCCNC(=S)NN=C(CCN(C)C)c1ccc(-c2cccc(Cl)c2)o1. The number of nitrogens with one attached hydrogen (secondary N) is 2. The smallest absolute Gasteiger partial charge is 0.186 e. The summed E-state index contributed by atoms with van der Waals surface area (Å²) in [5.74, 6) is 1.45. The molecule has 1 heterocycles. The summed E-state index contributed by atoms with van der Waals surface area (Å²) in [6.45, 7) is 2.25. The van der Waals surface area contributed by atoms with E-state index in [2.05, 4.69) is 20.7 Å². The highest BCUT2D eigenvalue weighted by atomic mass is 35.5. The number of hydrazone groups is 1. The zero-order valence-electron chi connectivity index (χ0n) is 16.5. The number of hydrogen-bond acceptors (Lipinski definition) is 5. The number of ether oxygens (including phenoxy) is 1. The molecule has 0 fully saturated rings. The molecule has 6 nitrogen and oxygen atoms in total. The molecule has 2 aromatic rings. The molecule has 1 aromatic carbocycles. The lowest BCUT2D eigenvalue weighted by molar-refractivity contribution is 0.195. The van der Waals surface area contributed by atoms with Crippen LogP contribution in [-0.4, -0.2) is 56.6 Å². The maximum absolute atomic E-state index is 6.08. The van der Waals surface area contributed by atoms with Gasteiger partial charge in [-0.3, -0.25) is 5.43 Å². The van der Waals surface area contributed by atoms with E-state index in [0.29, 0.717) is 22.5 Å². The maximum Gasteiger partial charge on any atom is 0.186 e. The van der Waals surface area contributed by atoms with Crippen molar-refractivity contribution in [1.82, 2.24) is 15.6 Å². The van der Waals surface area contributed by atoms with Gasteiger partial charge in [-0.25, -0.2) is 0 Å². The fraction of sp³-hybridized carbons (Fsp3) is 0.400. The van der Waals surface area contributed by atoms with E-state index in [-0.39, 0.29) is 0 Å². The molecule has 28 heavy (non-hydrogen) atoms. The largest absolute Gasteiger partial charge is 0.455 e. The van der Waals surface area contributed by atoms with Gasteiger partial charge in [0.25, 0.3) is 0 Å². The second-order valence-electron chi connectivity index (χ2n) is 6.50. The van der Waals surface area contributed by atoms with Gasteiger partial charge in [-0.05, 0) is 57.0 Å². The second kappa shape index (κ2) is 11.8. The van der Waals surface area contributed by atoms with Crippen LogP contribution in [0.2, 0.25) is 5.02 Å². The van der Waals surface area contributed by atoms with E-state index in [0.717, 1.165) is 43.0 Å². The van der Waals surface area contributed by atoms with Crippen LogP contribution in [0.15, 0.2) is 45.9 Å². The third-order valence-corrected chi connectivity index (χ3v) is 4.37. The molecule has 152 valence electrons. The lowest BCUT2D eigenvalue weighted by atomic mass is 10.2. The van der Waals surface area contributed by atoms with Crippen LogP contribution >= 0.6 is 23.8 Å². The monoisotopic (exact) mass is 422 g/mol. The predicted molar refractivity (Wildman–Crippen MR) is 119 cm³/mol. The van der Waals surface area contributed by atoms with Crippen molar-refractivity contribution in [3.63, 3.8) is 0 Å². The molecule has 8 heteroatoms. The number of hydrogen-bond donors (Lipinski definition) is 2. The van der Waals surface area contributed by atoms with Crippen molar-refractivity contribution in [2.24, 2.45) is 5.10 Å². The highest BCUT2D eigenvalue weighted by molar-refractivity contribution is 7.80. The van der Waals surface area contributed by atoms with Crippen LogP contribution in [-0.2, 0) is 4.74 Å². The topological polar surface area (TPSA) is 62.0 Å². The highest BCUT2D eigenvalue weighted by Crippen LogP contribution is 2.25. The van der Waals surface area contributed by atoms with Crippen molar-refractivity contribution in [3.05, 3.63) is 47.2 Å². The Balaban J connectivity index is 2.08. The number of nitrogens with zero attached hydrogens (tertiary/aromatic N) is 2. The van der Waals surface area contributed by atoms with Crippen molar-refractivity contribution in [3.8, 4) is 11.3 Å². The molecule has 0 aliphatic carbocycles. The quantitative estimate of drug-likeness (QED) is 0.263. The van der Waals surface area contributed by atoms with Crippen LogP contribution in [0.25, 0.3) is 11.3 Å². The van der Waals surface area contributed by atoms with Crippen molar-refractivity contribution >= 4 is 34.6 Å². The molecule has 0 saturated heterocycles. The average molecular weight is 423 g/mol. The van der Waals surface area contributed by atoms with Crippen LogP contribution in [0, 0.1) is 0 Å².